The lowest BCUT2D eigenvalue weighted by Crippen LogP contribution is -2.35. The molecular formula is C24H24Cl2N4O. The summed E-state index contributed by atoms with van der Waals surface area (Å²) in [6, 6.07) is 17.3. The van der Waals surface area contributed by atoms with Gasteiger partial charge in [-0.2, -0.15) is 5.10 Å². The highest BCUT2D eigenvalue weighted by atomic mass is 35.5. The van der Waals surface area contributed by atoms with Crippen molar-refractivity contribution >= 4 is 34.9 Å². The van der Waals surface area contributed by atoms with E-state index in [1.165, 1.54) is 5.56 Å². The zero-order chi connectivity index (χ0) is 22.0. The number of nitrogens with one attached hydrogen (secondary N) is 2. The zero-order valence-electron chi connectivity index (χ0n) is 17.5. The third-order valence-corrected chi connectivity index (χ3v) is 6.11. The third kappa shape index (κ3) is 4.63. The van der Waals surface area contributed by atoms with Crippen LogP contribution in [0.5, 0.6) is 0 Å². The quantitative estimate of drug-likeness (QED) is 0.480. The van der Waals surface area contributed by atoms with Crippen LogP contribution in [0.3, 0.4) is 0 Å². The van der Waals surface area contributed by atoms with Crippen molar-refractivity contribution < 1.29 is 4.79 Å². The summed E-state index contributed by atoms with van der Waals surface area (Å²) in [5.41, 5.74) is 4.40. The molecule has 5 nitrogen and oxygen atoms in total. The minimum Gasteiger partial charge on any atom is -0.352 e. The summed E-state index contributed by atoms with van der Waals surface area (Å²) in [5.74, 6) is 0.722. The number of amides is 1. The van der Waals surface area contributed by atoms with E-state index in [1.807, 2.05) is 48.9 Å². The number of allylic oxidation sites excluding steroid dienone is 1. The predicted octanol–water partition coefficient (Wildman–Crippen LogP) is 5.54. The molecule has 0 bridgehead atoms. The maximum Gasteiger partial charge on any atom is 0.251 e. The SMILES string of the molecule is CC1=C(C(=O)NCCCc2ccccc2)C(c2ccc(Cl)c(Cl)c2)n2nc(C)cc2N1. The van der Waals surface area contributed by atoms with Crippen LogP contribution in [-0.4, -0.2) is 22.2 Å². The topological polar surface area (TPSA) is 59.0 Å². The van der Waals surface area contributed by atoms with Gasteiger partial charge in [-0.15, -0.1) is 0 Å². The molecule has 31 heavy (non-hydrogen) atoms. The fourth-order valence-electron chi connectivity index (χ4n) is 3.91. The van der Waals surface area contributed by atoms with Gasteiger partial charge in [0.15, 0.2) is 0 Å². The van der Waals surface area contributed by atoms with Crippen molar-refractivity contribution in [3.05, 3.63) is 92.7 Å². The molecule has 1 aliphatic heterocycles. The molecule has 1 aromatic heterocycles. The Balaban J connectivity index is 1.57. The monoisotopic (exact) mass is 454 g/mol. The van der Waals surface area contributed by atoms with E-state index in [9.17, 15) is 4.79 Å². The van der Waals surface area contributed by atoms with Gasteiger partial charge in [0.1, 0.15) is 11.9 Å². The van der Waals surface area contributed by atoms with Crippen LogP contribution >= 0.6 is 23.2 Å². The van der Waals surface area contributed by atoms with Crippen LogP contribution in [0, 0.1) is 6.92 Å². The van der Waals surface area contributed by atoms with Gasteiger partial charge in [-0.05, 0) is 49.9 Å². The molecule has 160 valence electrons. The van der Waals surface area contributed by atoms with Gasteiger partial charge in [0, 0.05) is 18.3 Å². The number of benzene rings is 2. The Morgan fingerprint density at radius 1 is 1.10 bits per heavy atom. The molecule has 4 rings (SSSR count). The third-order valence-electron chi connectivity index (χ3n) is 5.37. The fraction of sp³-hybridized carbons (Fsp3) is 0.250. The van der Waals surface area contributed by atoms with E-state index in [-0.39, 0.29) is 5.91 Å². The molecule has 3 aromatic rings. The van der Waals surface area contributed by atoms with Gasteiger partial charge in [-0.1, -0.05) is 59.6 Å². The average molecular weight is 455 g/mol. The summed E-state index contributed by atoms with van der Waals surface area (Å²) in [6.45, 7) is 4.43. The van der Waals surface area contributed by atoms with E-state index < -0.39 is 6.04 Å². The smallest absolute Gasteiger partial charge is 0.251 e. The number of hydrogen-bond acceptors (Lipinski definition) is 3. The lowest BCUT2D eigenvalue weighted by atomic mass is 9.94. The summed E-state index contributed by atoms with van der Waals surface area (Å²) >= 11 is 12.4. The molecule has 1 atom stereocenters. The Labute approximate surface area is 192 Å². The zero-order valence-corrected chi connectivity index (χ0v) is 19.0. The Morgan fingerprint density at radius 2 is 1.87 bits per heavy atom. The molecule has 0 saturated heterocycles. The van der Waals surface area contributed by atoms with Crippen LogP contribution in [0.15, 0.2) is 65.9 Å². The minimum absolute atomic E-state index is 0.118. The summed E-state index contributed by atoms with van der Waals surface area (Å²) in [5, 5.41) is 11.9. The molecule has 0 saturated carbocycles. The van der Waals surface area contributed by atoms with Gasteiger partial charge in [-0.3, -0.25) is 4.79 Å². The Kier molecular flexibility index (Phi) is 6.35. The average Bonchev–Trinajstić information content (AvgIpc) is 3.12. The van der Waals surface area contributed by atoms with Crippen molar-refractivity contribution in [2.24, 2.45) is 0 Å². The van der Waals surface area contributed by atoms with Gasteiger partial charge in [0.25, 0.3) is 5.91 Å². The van der Waals surface area contributed by atoms with E-state index in [0.717, 1.165) is 35.6 Å². The van der Waals surface area contributed by atoms with Crippen molar-refractivity contribution in [2.75, 3.05) is 11.9 Å². The summed E-state index contributed by atoms with van der Waals surface area (Å²) in [6.07, 6.45) is 1.77. The maximum absolute atomic E-state index is 13.3. The lowest BCUT2D eigenvalue weighted by molar-refractivity contribution is -0.118. The van der Waals surface area contributed by atoms with E-state index in [4.69, 9.17) is 23.2 Å². The number of carbonyl (C=O) groups excluding carboxylic acids is 1. The standard InChI is InChI=1S/C24H24Cl2N4O/c1-15-13-21-28-16(2)22(24(31)27-12-6-9-17-7-4-3-5-8-17)23(30(21)29-15)18-10-11-19(25)20(26)14-18/h3-5,7-8,10-11,13-14,23,28H,6,9,12H2,1-2H3,(H,27,31). The highest BCUT2D eigenvalue weighted by Gasteiger charge is 2.33. The second kappa shape index (κ2) is 9.16. The van der Waals surface area contributed by atoms with E-state index in [2.05, 4.69) is 27.9 Å². The molecule has 0 fully saturated rings. The number of hydrogen-bond donors (Lipinski definition) is 2. The molecule has 1 amide bonds. The Morgan fingerprint density at radius 3 is 2.61 bits per heavy atom. The van der Waals surface area contributed by atoms with Gasteiger partial charge in [-0.25, -0.2) is 4.68 Å². The van der Waals surface area contributed by atoms with E-state index >= 15 is 0 Å². The van der Waals surface area contributed by atoms with Gasteiger partial charge >= 0.3 is 0 Å². The number of carbonyl (C=O) groups is 1. The van der Waals surface area contributed by atoms with Crippen LogP contribution in [0.1, 0.15) is 36.2 Å². The molecule has 2 heterocycles. The van der Waals surface area contributed by atoms with E-state index in [0.29, 0.717) is 22.2 Å². The molecule has 0 radical (unpaired) electrons. The number of nitrogens with zero attached hydrogens (tertiary/aromatic N) is 2. The van der Waals surface area contributed by atoms with Crippen molar-refractivity contribution in [1.82, 2.24) is 15.1 Å². The first kappa shape index (κ1) is 21.5. The number of fused-ring (bicyclic) bond motifs is 1. The molecular weight excluding hydrogens is 431 g/mol. The van der Waals surface area contributed by atoms with Crippen molar-refractivity contribution in [1.29, 1.82) is 0 Å². The summed E-state index contributed by atoms with van der Waals surface area (Å²) in [7, 11) is 0. The summed E-state index contributed by atoms with van der Waals surface area (Å²) in [4.78, 5) is 13.3. The van der Waals surface area contributed by atoms with Crippen LogP contribution in [-0.2, 0) is 11.2 Å². The van der Waals surface area contributed by atoms with Crippen LogP contribution in [0.2, 0.25) is 10.0 Å². The molecule has 2 aromatic carbocycles. The second-order valence-corrected chi connectivity index (χ2v) is 8.51. The van der Waals surface area contributed by atoms with Crippen molar-refractivity contribution in [3.63, 3.8) is 0 Å². The summed E-state index contributed by atoms with van der Waals surface area (Å²) < 4.78 is 1.83. The van der Waals surface area contributed by atoms with Crippen molar-refractivity contribution in [3.8, 4) is 0 Å². The first-order valence-electron chi connectivity index (χ1n) is 10.2. The maximum atomic E-state index is 13.3. The molecule has 1 unspecified atom stereocenters. The highest BCUT2D eigenvalue weighted by molar-refractivity contribution is 6.42. The molecule has 0 spiro atoms. The molecule has 0 aliphatic carbocycles. The molecule has 1 aliphatic rings. The number of anilines is 1. The molecule has 7 heteroatoms. The van der Waals surface area contributed by atoms with Gasteiger partial charge < -0.3 is 10.6 Å². The number of halogens is 2. The van der Waals surface area contributed by atoms with Crippen LogP contribution in [0.25, 0.3) is 0 Å². The van der Waals surface area contributed by atoms with Gasteiger partial charge in [0.2, 0.25) is 0 Å². The number of aryl methyl sites for hydroxylation is 2. The van der Waals surface area contributed by atoms with E-state index in [1.54, 1.807) is 12.1 Å². The molecule has 2 N–H and O–H groups in total. The number of aromatic nitrogens is 2. The lowest BCUT2D eigenvalue weighted by Gasteiger charge is -2.30. The number of rotatable bonds is 6. The normalized spacial score (nSPS) is 15.4. The first-order valence-corrected chi connectivity index (χ1v) is 11.0. The second-order valence-electron chi connectivity index (χ2n) is 7.70. The van der Waals surface area contributed by atoms with Crippen LogP contribution in [0.4, 0.5) is 5.82 Å². The van der Waals surface area contributed by atoms with Gasteiger partial charge in [0.05, 0.1) is 21.3 Å². The first-order chi connectivity index (χ1) is 14.9. The van der Waals surface area contributed by atoms with Crippen LogP contribution < -0.4 is 10.6 Å². The Bertz CT molecular complexity index is 1140. The fourth-order valence-corrected chi connectivity index (χ4v) is 4.22. The Hall–Kier alpha value is -2.76. The minimum atomic E-state index is -0.395. The largest absolute Gasteiger partial charge is 0.352 e. The highest BCUT2D eigenvalue weighted by Crippen LogP contribution is 2.38. The predicted molar refractivity (Wildman–Crippen MR) is 126 cm³/mol. The van der Waals surface area contributed by atoms with Crippen molar-refractivity contribution in [2.45, 2.75) is 32.7 Å².